The van der Waals surface area contributed by atoms with E-state index in [-0.39, 0.29) is 18.2 Å². The average Bonchev–Trinajstić information content (AvgIpc) is 2.91. The van der Waals surface area contributed by atoms with E-state index in [0.717, 1.165) is 0 Å². The van der Waals surface area contributed by atoms with E-state index < -0.39 is 125 Å². The molecule has 0 saturated heterocycles. The second kappa shape index (κ2) is 9.56. The van der Waals surface area contributed by atoms with Gasteiger partial charge in [0.05, 0.1) is 11.1 Å². The number of benzene rings is 5. The Hall–Kier alpha value is -4.43. The van der Waals surface area contributed by atoms with E-state index in [9.17, 15) is 48.3 Å². The molecule has 0 fully saturated rings. The van der Waals surface area contributed by atoms with Crippen molar-refractivity contribution >= 4 is 21.5 Å². The number of rotatable bonds is 2. The van der Waals surface area contributed by atoms with Crippen LogP contribution in [0.2, 0.25) is 0 Å². The maximum absolute atomic E-state index is 15.3. The summed E-state index contributed by atoms with van der Waals surface area (Å²) in [5, 5.41) is -5.26. The minimum Gasteiger partial charge on any atom is -0.207 e. The van der Waals surface area contributed by atoms with E-state index >= 15 is 17.6 Å². The molecular formula is C27H5F15. The van der Waals surface area contributed by atoms with E-state index in [0.29, 0.717) is 12.1 Å². The highest BCUT2D eigenvalue weighted by Gasteiger charge is 2.43. The fourth-order valence-corrected chi connectivity index (χ4v) is 4.70. The van der Waals surface area contributed by atoms with Crippen molar-refractivity contribution in [3.63, 3.8) is 0 Å². The zero-order valence-electron chi connectivity index (χ0n) is 19.6. The van der Waals surface area contributed by atoms with Crippen LogP contribution in [0, 0.1) is 69.8 Å². The summed E-state index contributed by atoms with van der Waals surface area (Å²) in [6.07, 6.45) is -6.02. The summed E-state index contributed by atoms with van der Waals surface area (Å²) >= 11 is 0. The van der Waals surface area contributed by atoms with Gasteiger partial charge in [0.15, 0.2) is 46.5 Å². The summed E-state index contributed by atoms with van der Waals surface area (Å²) in [7, 11) is 0. The first kappa shape index (κ1) is 29.1. The molecule has 0 nitrogen and oxygen atoms in total. The smallest absolute Gasteiger partial charge is 0.207 e. The van der Waals surface area contributed by atoms with Crippen LogP contribution in [-0.2, 0) is 6.18 Å². The number of hydrogen-bond acceptors (Lipinski definition) is 0. The van der Waals surface area contributed by atoms with E-state index in [1.807, 2.05) is 0 Å². The summed E-state index contributed by atoms with van der Waals surface area (Å²) in [4.78, 5) is 0. The minimum absolute atomic E-state index is 0.191. The van der Waals surface area contributed by atoms with Gasteiger partial charge in [-0.25, -0.2) is 52.7 Å². The fourth-order valence-electron chi connectivity index (χ4n) is 4.70. The molecule has 15 heteroatoms. The number of halogens is 15. The Balaban J connectivity index is 2.15. The number of hydrogen-bond donors (Lipinski definition) is 0. The zero-order valence-corrected chi connectivity index (χ0v) is 19.6. The molecule has 0 spiro atoms. The maximum atomic E-state index is 15.3. The molecule has 5 rings (SSSR count). The van der Waals surface area contributed by atoms with Crippen LogP contribution in [0.4, 0.5) is 65.9 Å². The molecule has 5 aromatic rings. The lowest BCUT2D eigenvalue weighted by molar-refractivity contribution is -0.143. The molecule has 0 aliphatic heterocycles. The molecule has 0 amide bonds. The van der Waals surface area contributed by atoms with Crippen LogP contribution in [0.5, 0.6) is 0 Å². The Morgan fingerprint density at radius 2 is 0.762 bits per heavy atom. The molecule has 0 aliphatic rings. The van der Waals surface area contributed by atoms with E-state index in [2.05, 4.69) is 0 Å². The Morgan fingerprint density at radius 3 is 1.19 bits per heavy atom. The van der Waals surface area contributed by atoms with Gasteiger partial charge < -0.3 is 0 Å². The van der Waals surface area contributed by atoms with Gasteiger partial charge in [-0.05, 0) is 35.0 Å². The second-order valence-corrected chi connectivity index (χ2v) is 8.67. The number of alkyl halides is 3. The zero-order chi connectivity index (χ0) is 31.2. The molecule has 0 atom stereocenters. The van der Waals surface area contributed by atoms with Crippen LogP contribution in [0.25, 0.3) is 43.8 Å². The maximum Gasteiger partial charge on any atom is 0.422 e. The largest absolute Gasteiger partial charge is 0.422 e. The van der Waals surface area contributed by atoms with Gasteiger partial charge in [0.2, 0.25) is 5.82 Å². The van der Waals surface area contributed by atoms with Gasteiger partial charge in [-0.1, -0.05) is 6.07 Å². The minimum atomic E-state index is -6.02. The van der Waals surface area contributed by atoms with Crippen LogP contribution < -0.4 is 0 Å². The van der Waals surface area contributed by atoms with Gasteiger partial charge in [0.25, 0.3) is 0 Å². The summed E-state index contributed by atoms with van der Waals surface area (Å²) in [5.41, 5.74) is -10.0. The molecule has 5 aromatic carbocycles. The van der Waals surface area contributed by atoms with Crippen LogP contribution in [-0.4, -0.2) is 0 Å². The van der Waals surface area contributed by atoms with Crippen molar-refractivity contribution in [2.45, 2.75) is 6.18 Å². The molecule has 0 saturated carbocycles. The lowest BCUT2D eigenvalue weighted by atomic mass is 9.84. The predicted octanol–water partition coefficient (Wildman–Crippen LogP) is 10.0. The van der Waals surface area contributed by atoms with Crippen molar-refractivity contribution in [2.24, 2.45) is 0 Å². The third kappa shape index (κ3) is 3.96. The molecule has 0 bridgehead atoms. The molecule has 0 radical (unpaired) electrons. The summed E-state index contributed by atoms with van der Waals surface area (Å²) in [6, 6.07) is 1.51. The second-order valence-electron chi connectivity index (χ2n) is 8.67. The normalized spacial score (nSPS) is 12.2. The van der Waals surface area contributed by atoms with Gasteiger partial charge in [-0.15, -0.1) is 0 Å². The lowest BCUT2D eigenvalue weighted by Gasteiger charge is -2.21. The van der Waals surface area contributed by atoms with Crippen molar-refractivity contribution in [1.29, 1.82) is 0 Å². The predicted molar refractivity (Wildman–Crippen MR) is 117 cm³/mol. The van der Waals surface area contributed by atoms with Crippen molar-refractivity contribution in [2.75, 3.05) is 0 Å². The molecule has 0 unspecified atom stereocenters. The third-order valence-corrected chi connectivity index (χ3v) is 6.38. The third-order valence-electron chi connectivity index (χ3n) is 6.38. The topological polar surface area (TPSA) is 0 Å². The van der Waals surface area contributed by atoms with Gasteiger partial charge >= 0.3 is 6.18 Å². The Labute approximate surface area is 222 Å². The van der Waals surface area contributed by atoms with E-state index in [1.165, 1.54) is 0 Å². The lowest BCUT2D eigenvalue weighted by Crippen LogP contribution is -2.16. The molecule has 0 aliphatic carbocycles. The molecule has 42 heavy (non-hydrogen) atoms. The molecular weight excluding hydrogens is 609 g/mol. The molecule has 218 valence electrons. The van der Waals surface area contributed by atoms with Crippen molar-refractivity contribution in [3.05, 3.63) is 106 Å². The van der Waals surface area contributed by atoms with Crippen molar-refractivity contribution in [3.8, 4) is 22.3 Å². The highest BCUT2D eigenvalue weighted by atomic mass is 19.4. The molecule has 0 N–H and O–H groups in total. The van der Waals surface area contributed by atoms with Gasteiger partial charge in [0.1, 0.15) is 23.0 Å². The Bertz CT molecular complexity index is 1930. The van der Waals surface area contributed by atoms with E-state index in [1.54, 1.807) is 0 Å². The quantitative estimate of drug-likeness (QED) is 0.0804. The van der Waals surface area contributed by atoms with Gasteiger partial charge in [0, 0.05) is 21.9 Å². The first-order valence-corrected chi connectivity index (χ1v) is 11.0. The highest BCUT2D eigenvalue weighted by molar-refractivity contribution is 6.22. The Kier molecular flexibility index (Phi) is 6.62. The Morgan fingerprint density at radius 1 is 0.381 bits per heavy atom. The first-order valence-electron chi connectivity index (χ1n) is 11.0. The van der Waals surface area contributed by atoms with Crippen LogP contribution in [0.3, 0.4) is 0 Å². The summed E-state index contributed by atoms with van der Waals surface area (Å²) < 4.78 is 216. The van der Waals surface area contributed by atoms with Gasteiger partial charge in [-0.3, -0.25) is 0 Å². The van der Waals surface area contributed by atoms with Crippen molar-refractivity contribution in [1.82, 2.24) is 0 Å². The van der Waals surface area contributed by atoms with Gasteiger partial charge in [-0.2, -0.15) is 13.2 Å². The van der Waals surface area contributed by atoms with E-state index in [4.69, 9.17) is 0 Å². The van der Waals surface area contributed by atoms with Crippen LogP contribution in [0.15, 0.2) is 30.3 Å². The number of fused-ring (bicyclic) bond motifs is 2. The van der Waals surface area contributed by atoms with Crippen molar-refractivity contribution < 1.29 is 65.9 Å². The first-order chi connectivity index (χ1) is 19.5. The average molecular weight is 614 g/mol. The summed E-state index contributed by atoms with van der Waals surface area (Å²) in [6.45, 7) is 0. The van der Waals surface area contributed by atoms with Crippen LogP contribution >= 0.6 is 0 Å². The highest BCUT2D eigenvalue weighted by Crippen LogP contribution is 2.50. The molecule has 0 heterocycles. The SMILES string of the molecule is Fc1ccc2c(-c3c(F)c(F)c(F)c(F)c3F)c3c(F)ccc(F)c3c(-c3c(F)c(F)c(C(F)(F)F)c(F)c3F)c2c1. The van der Waals surface area contributed by atoms with Crippen LogP contribution in [0.1, 0.15) is 5.56 Å². The fraction of sp³-hybridized carbons (Fsp3) is 0.0370. The standard InChI is InChI=1S/C27H5F15/c28-6-1-2-7-8(5-6)12(16-18(31)22(35)17(27(40,41)42)23(36)19(16)32)14-10(30)4-3-9(29)13(14)11(7)15-20(33)24(37)26(39)25(38)21(15)34/h1-5H. The summed E-state index contributed by atoms with van der Waals surface area (Å²) in [5.74, 6) is -29.8. The molecule has 0 aromatic heterocycles. The monoisotopic (exact) mass is 614 g/mol.